The van der Waals surface area contributed by atoms with Gasteiger partial charge in [0, 0.05) is 37.9 Å². The average Bonchev–Trinajstić information content (AvgIpc) is 3.01. The predicted molar refractivity (Wildman–Crippen MR) is 78.2 cm³/mol. The van der Waals surface area contributed by atoms with Crippen molar-refractivity contribution in [1.29, 1.82) is 0 Å². The van der Waals surface area contributed by atoms with Crippen molar-refractivity contribution in [3.8, 4) is 0 Å². The number of hydrogen-bond donors (Lipinski definition) is 2. The van der Waals surface area contributed by atoms with Crippen LogP contribution < -0.4 is 11.3 Å². The van der Waals surface area contributed by atoms with E-state index >= 15 is 0 Å². The lowest BCUT2D eigenvalue weighted by Gasteiger charge is -2.51. The van der Waals surface area contributed by atoms with Gasteiger partial charge in [-0.05, 0) is 31.6 Å². The smallest absolute Gasteiger partial charge is 0.0594 e. The van der Waals surface area contributed by atoms with Crippen LogP contribution in [0.3, 0.4) is 0 Å². The third-order valence-corrected chi connectivity index (χ3v) is 5.61. The number of nitrogens with zero attached hydrogens (tertiary/aromatic N) is 1. The summed E-state index contributed by atoms with van der Waals surface area (Å²) < 4.78 is 11.1. The van der Waals surface area contributed by atoms with E-state index in [1.807, 2.05) is 0 Å². The van der Waals surface area contributed by atoms with E-state index in [-0.39, 0.29) is 5.54 Å². The fraction of sp³-hybridized carbons (Fsp3) is 1.00. The lowest BCUT2D eigenvalue weighted by Crippen LogP contribution is -2.66. The number of nitrogens with one attached hydrogen (secondary N) is 1. The molecule has 0 amide bonds. The molecular weight excluding hydrogens is 254 g/mol. The molecule has 0 aromatic heterocycles. The standard InChI is InChI=1S/C15H29N3O2/c16-17-14(13-3-9-19-10-4-13)15(5-1-2-6-15)18-7-11-20-12-8-18/h13-14,17H,1-12,16H2. The van der Waals surface area contributed by atoms with Gasteiger partial charge in [0.15, 0.2) is 0 Å². The largest absolute Gasteiger partial charge is 0.381 e. The molecule has 2 aliphatic heterocycles. The van der Waals surface area contributed by atoms with E-state index < -0.39 is 0 Å². The van der Waals surface area contributed by atoms with Crippen LogP contribution in [0, 0.1) is 5.92 Å². The summed E-state index contributed by atoms with van der Waals surface area (Å²) in [6.07, 6.45) is 7.50. The summed E-state index contributed by atoms with van der Waals surface area (Å²) >= 11 is 0. The van der Waals surface area contributed by atoms with Gasteiger partial charge in [0.25, 0.3) is 0 Å². The number of nitrogens with two attached hydrogens (primary N) is 1. The maximum absolute atomic E-state index is 6.03. The van der Waals surface area contributed by atoms with Crippen LogP contribution in [0.5, 0.6) is 0 Å². The highest BCUT2D eigenvalue weighted by atomic mass is 16.5. The van der Waals surface area contributed by atoms with E-state index in [1.165, 1.54) is 25.7 Å². The predicted octanol–water partition coefficient (Wildman–Crippen LogP) is 0.890. The third kappa shape index (κ3) is 2.74. The number of morpholine rings is 1. The Morgan fingerprint density at radius 2 is 1.60 bits per heavy atom. The fourth-order valence-corrected chi connectivity index (χ4v) is 4.60. The highest BCUT2D eigenvalue weighted by Crippen LogP contribution is 2.42. The molecule has 2 saturated heterocycles. The van der Waals surface area contributed by atoms with Gasteiger partial charge < -0.3 is 9.47 Å². The number of rotatable bonds is 4. The summed E-state index contributed by atoms with van der Waals surface area (Å²) in [5.74, 6) is 6.67. The van der Waals surface area contributed by atoms with Crippen LogP contribution in [0.25, 0.3) is 0 Å². The molecule has 0 aromatic carbocycles. The molecular formula is C15H29N3O2. The normalized spacial score (nSPS) is 30.4. The fourth-order valence-electron chi connectivity index (χ4n) is 4.60. The van der Waals surface area contributed by atoms with Crippen LogP contribution in [-0.2, 0) is 9.47 Å². The quantitative estimate of drug-likeness (QED) is 0.593. The first-order valence-electron chi connectivity index (χ1n) is 8.23. The number of ether oxygens (including phenoxy) is 2. The topological polar surface area (TPSA) is 59.8 Å². The molecule has 116 valence electrons. The molecule has 1 aliphatic carbocycles. The molecule has 1 atom stereocenters. The van der Waals surface area contributed by atoms with Gasteiger partial charge in [-0.1, -0.05) is 12.8 Å². The minimum atomic E-state index is 0.251. The summed E-state index contributed by atoms with van der Waals surface area (Å²) in [4.78, 5) is 2.67. The van der Waals surface area contributed by atoms with E-state index in [0.29, 0.717) is 12.0 Å². The highest BCUT2D eigenvalue weighted by molar-refractivity contribution is 5.06. The van der Waals surface area contributed by atoms with Crippen LogP contribution in [0.1, 0.15) is 38.5 Å². The molecule has 0 bridgehead atoms. The van der Waals surface area contributed by atoms with Gasteiger partial charge in [-0.3, -0.25) is 16.2 Å². The van der Waals surface area contributed by atoms with Crippen LogP contribution in [-0.4, -0.2) is 56.0 Å². The Morgan fingerprint density at radius 1 is 1.00 bits per heavy atom. The molecule has 0 spiro atoms. The molecule has 3 fully saturated rings. The Morgan fingerprint density at radius 3 is 2.20 bits per heavy atom. The van der Waals surface area contributed by atoms with E-state index in [0.717, 1.165) is 52.4 Å². The van der Waals surface area contributed by atoms with Gasteiger partial charge in [-0.25, -0.2) is 0 Å². The zero-order valence-corrected chi connectivity index (χ0v) is 12.5. The molecule has 5 nitrogen and oxygen atoms in total. The first kappa shape index (κ1) is 14.7. The maximum atomic E-state index is 6.03. The second-order valence-electron chi connectivity index (χ2n) is 6.50. The minimum Gasteiger partial charge on any atom is -0.381 e. The summed E-state index contributed by atoms with van der Waals surface area (Å²) in [7, 11) is 0. The van der Waals surface area contributed by atoms with Crippen molar-refractivity contribution in [3.63, 3.8) is 0 Å². The van der Waals surface area contributed by atoms with Gasteiger partial charge >= 0.3 is 0 Å². The second kappa shape index (κ2) is 6.71. The highest BCUT2D eigenvalue weighted by Gasteiger charge is 2.48. The van der Waals surface area contributed by atoms with Crippen LogP contribution in [0.2, 0.25) is 0 Å². The van der Waals surface area contributed by atoms with Gasteiger partial charge in [-0.2, -0.15) is 0 Å². The summed E-state index contributed by atoms with van der Waals surface area (Å²) in [6, 6.07) is 0.395. The van der Waals surface area contributed by atoms with Gasteiger partial charge in [0.05, 0.1) is 13.2 Å². The Hall–Kier alpha value is -0.200. The van der Waals surface area contributed by atoms with E-state index in [4.69, 9.17) is 15.3 Å². The molecule has 2 heterocycles. The van der Waals surface area contributed by atoms with Crippen LogP contribution >= 0.6 is 0 Å². The van der Waals surface area contributed by atoms with Crippen molar-refractivity contribution in [2.24, 2.45) is 11.8 Å². The molecule has 1 unspecified atom stereocenters. The Bertz CT molecular complexity index is 295. The van der Waals surface area contributed by atoms with Gasteiger partial charge in [0.2, 0.25) is 0 Å². The molecule has 0 aromatic rings. The Kier molecular flexibility index (Phi) is 4.94. The monoisotopic (exact) mass is 283 g/mol. The minimum absolute atomic E-state index is 0.251. The van der Waals surface area contributed by atoms with Crippen molar-refractivity contribution in [2.45, 2.75) is 50.1 Å². The first-order valence-corrected chi connectivity index (χ1v) is 8.23. The van der Waals surface area contributed by atoms with Crippen molar-refractivity contribution in [1.82, 2.24) is 10.3 Å². The lowest BCUT2D eigenvalue weighted by atomic mass is 9.76. The van der Waals surface area contributed by atoms with Crippen molar-refractivity contribution >= 4 is 0 Å². The van der Waals surface area contributed by atoms with Crippen molar-refractivity contribution in [3.05, 3.63) is 0 Å². The van der Waals surface area contributed by atoms with E-state index in [2.05, 4.69) is 10.3 Å². The third-order valence-electron chi connectivity index (χ3n) is 5.61. The van der Waals surface area contributed by atoms with E-state index in [1.54, 1.807) is 0 Å². The average molecular weight is 283 g/mol. The molecule has 0 radical (unpaired) electrons. The van der Waals surface area contributed by atoms with Crippen LogP contribution in [0.4, 0.5) is 0 Å². The molecule has 3 aliphatic rings. The molecule has 1 saturated carbocycles. The Labute approximate surface area is 122 Å². The molecule has 3 N–H and O–H groups in total. The molecule has 3 rings (SSSR count). The molecule has 20 heavy (non-hydrogen) atoms. The summed E-state index contributed by atoms with van der Waals surface area (Å²) in [6.45, 7) is 5.63. The SMILES string of the molecule is NNC(C1CCOCC1)C1(N2CCOCC2)CCCC1. The van der Waals surface area contributed by atoms with Gasteiger partial charge in [0.1, 0.15) is 0 Å². The van der Waals surface area contributed by atoms with E-state index in [9.17, 15) is 0 Å². The van der Waals surface area contributed by atoms with Gasteiger partial charge in [-0.15, -0.1) is 0 Å². The lowest BCUT2D eigenvalue weighted by molar-refractivity contribution is -0.0559. The second-order valence-corrected chi connectivity index (χ2v) is 6.50. The van der Waals surface area contributed by atoms with Crippen molar-refractivity contribution in [2.75, 3.05) is 39.5 Å². The Balaban J connectivity index is 1.79. The molecule has 5 heteroatoms. The summed E-state index contributed by atoms with van der Waals surface area (Å²) in [5.41, 5.74) is 3.46. The summed E-state index contributed by atoms with van der Waals surface area (Å²) in [5, 5.41) is 0. The number of hydrazine groups is 1. The zero-order valence-electron chi connectivity index (χ0n) is 12.5. The van der Waals surface area contributed by atoms with Crippen LogP contribution in [0.15, 0.2) is 0 Å². The zero-order chi connectivity index (χ0) is 13.8. The first-order chi connectivity index (χ1) is 9.87. The van der Waals surface area contributed by atoms with Crippen molar-refractivity contribution < 1.29 is 9.47 Å². The maximum Gasteiger partial charge on any atom is 0.0594 e. The number of hydrogen-bond acceptors (Lipinski definition) is 5.